The number of nitrogens with two attached hydrogens (primary N) is 1. The molecule has 3 nitrogen and oxygen atoms in total. The van der Waals surface area contributed by atoms with Gasteiger partial charge in [-0.05, 0) is 49.9 Å². The van der Waals surface area contributed by atoms with Crippen molar-refractivity contribution in [1.82, 2.24) is 9.78 Å². The molecule has 0 radical (unpaired) electrons. The molecule has 1 aromatic carbocycles. The first-order valence-electron chi connectivity index (χ1n) is 6.35. The van der Waals surface area contributed by atoms with Crippen LogP contribution in [0.15, 0.2) is 27.1 Å². The van der Waals surface area contributed by atoms with Crippen LogP contribution in [0.1, 0.15) is 29.9 Å². The summed E-state index contributed by atoms with van der Waals surface area (Å²) < 4.78 is 3.80. The van der Waals surface area contributed by atoms with E-state index in [1.54, 1.807) is 0 Å². The van der Waals surface area contributed by atoms with Crippen molar-refractivity contribution in [3.8, 4) is 0 Å². The van der Waals surface area contributed by atoms with Gasteiger partial charge in [0.15, 0.2) is 0 Å². The minimum Gasteiger partial charge on any atom is -0.324 e. The molecule has 20 heavy (non-hydrogen) atoms. The molecule has 0 amide bonds. The first-order valence-corrected chi connectivity index (χ1v) is 8.31. The molecule has 0 aliphatic rings. The fraction of sp³-hybridized carbons (Fsp3) is 0.357. The molecular weight excluding hydrogens is 405 g/mol. The van der Waals surface area contributed by atoms with Gasteiger partial charge in [0.2, 0.25) is 0 Å². The summed E-state index contributed by atoms with van der Waals surface area (Å²) in [7, 11) is 1.94. The summed E-state index contributed by atoms with van der Waals surface area (Å²) in [6.07, 6.45) is 1.57. The molecule has 0 saturated heterocycles. The van der Waals surface area contributed by atoms with E-state index in [9.17, 15) is 0 Å². The minimum atomic E-state index is -0.170. The number of aromatic nitrogens is 2. The van der Waals surface area contributed by atoms with Crippen LogP contribution in [-0.4, -0.2) is 9.78 Å². The normalized spacial score (nSPS) is 12.7. The van der Waals surface area contributed by atoms with Gasteiger partial charge in [-0.15, -0.1) is 0 Å². The Labute approximate surface area is 140 Å². The van der Waals surface area contributed by atoms with E-state index in [0.29, 0.717) is 11.4 Å². The molecule has 1 unspecified atom stereocenters. The lowest BCUT2D eigenvalue weighted by Gasteiger charge is -2.15. The Hall–Kier alpha value is -0.360. The maximum absolute atomic E-state index is 6.32. The highest BCUT2D eigenvalue weighted by Gasteiger charge is 2.18. The molecule has 2 aromatic rings. The van der Waals surface area contributed by atoms with Gasteiger partial charge in [0.1, 0.15) is 0 Å². The number of hydrogen-bond acceptors (Lipinski definition) is 2. The van der Waals surface area contributed by atoms with Crippen molar-refractivity contribution >= 4 is 43.5 Å². The Morgan fingerprint density at radius 2 is 2.10 bits per heavy atom. The molecule has 0 bridgehead atoms. The molecule has 1 aromatic heterocycles. The van der Waals surface area contributed by atoms with Gasteiger partial charge in [0.25, 0.3) is 0 Å². The van der Waals surface area contributed by atoms with Crippen molar-refractivity contribution in [3.05, 3.63) is 49.1 Å². The lowest BCUT2D eigenvalue weighted by molar-refractivity contribution is 0.637. The number of aryl methyl sites for hydroxylation is 2. The standard InChI is InChI=1S/C14H16Br2ClN3/c1-3-11-13(16)12(20(2)19-11)7-10(18)8-5-4-6-9(15)14(8)17/h4-6,10H,3,7,18H2,1-2H3. The van der Waals surface area contributed by atoms with E-state index in [1.807, 2.05) is 29.9 Å². The molecule has 1 heterocycles. The van der Waals surface area contributed by atoms with Crippen molar-refractivity contribution in [1.29, 1.82) is 0 Å². The predicted molar refractivity (Wildman–Crippen MR) is 90.1 cm³/mol. The molecule has 2 N–H and O–H groups in total. The van der Waals surface area contributed by atoms with Crippen molar-refractivity contribution in [2.45, 2.75) is 25.8 Å². The van der Waals surface area contributed by atoms with Gasteiger partial charge in [-0.25, -0.2) is 0 Å². The smallest absolute Gasteiger partial charge is 0.0766 e. The zero-order chi connectivity index (χ0) is 14.9. The maximum atomic E-state index is 6.32. The van der Waals surface area contributed by atoms with Crippen LogP contribution in [0.25, 0.3) is 0 Å². The number of nitrogens with zero attached hydrogens (tertiary/aromatic N) is 2. The summed E-state index contributed by atoms with van der Waals surface area (Å²) in [6.45, 7) is 2.09. The summed E-state index contributed by atoms with van der Waals surface area (Å²) >= 11 is 13.4. The van der Waals surface area contributed by atoms with Crippen LogP contribution in [0.2, 0.25) is 5.02 Å². The highest BCUT2D eigenvalue weighted by atomic mass is 79.9. The monoisotopic (exact) mass is 419 g/mol. The zero-order valence-corrected chi connectivity index (χ0v) is 15.3. The van der Waals surface area contributed by atoms with E-state index in [-0.39, 0.29) is 6.04 Å². The molecule has 0 spiro atoms. The van der Waals surface area contributed by atoms with Gasteiger partial charge >= 0.3 is 0 Å². The summed E-state index contributed by atoms with van der Waals surface area (Å²) in [5, 5.41) is 5.16. The predicted octanol–water partition coefficient (Wildman–Crippen LogP) is 4.40. The van der Waals surface area contributed by atoms with Crippen LogP contribution >= 0.6 is 43.5 Å². The van der Waals surface area contributed by atoms with Gasteiger partial charge in [-0.2, -0.15) is 5.10 Å². The first-order chi connectivity index (χ1) is 9.45. The van der Waals surface area contributed by atoms with E-state index in [0.717, 1.165) is 32.3 Å². The van der Waals surface area contributed by atoms with E-state index < -0.39 is 0 Å². The number of hydrogen-bond donors (Lipinski definition) is 1. The third kappa shape index (κ3) is 3.11. The zero-order valence-electron chi connectivity index (χ0n) is 11.3. The molecule has 0 aliphatic carbocycles. The Bertz CT molecular complexity index is 625. The van der Waals surface area contributed by atoms with Gasteiger partial charge in [0.05, 0.1) is 20.9 Å². The van der Waals surface area contributed by atoms with Crippen molar-refractivity contribution in [2.75, 3.05) is 0 Å². The second-order valence-corrected chi connectivity index (χ2v) is 6.66. The largest absolute Gasteiger partial charge is 0.324 e. The molecule has 6 heteroatoms. The molecule has 1 atom stereocenters. The van der Waals surface area contributed by atoms with Crippen LogP contribution in [0.5, 0.6) is 0 Å². The topological polar surface area (TPSA) is 43.8 Å². The summed E-state index contributed by atoms with van der Waals surface area (Å²) in [5.41, 5.74) is 9.39. The van der Waals surface area contributed by atoms with Gasteiger partial charge < -0.3 is 5.73 Å². The maximum Gasteiger partial charge on any atom is 0.0766 e. The van der Waals surface area contributed by atoms with Crippen molar-refractivity contribution < 1.29 is 0 Å². The lowest BCUT2D eigenvalue weighted by atomic mass is 10.0. The Kier molecular flexibility index (Phi) is 5.29. The molecule has 0 saturated carbocycles. The van der Waals surface area contributed by atoms with Gasteiger partial charge in [-0.1, -0.05) is 30.7 Å². The third-order valence-electron chi connectivity index (χ3n) is 3.30. The third-order valence-corrected chi connectivity index (χ3v) is 5.52. The van der Waals surface area contributed by atoms with Crippen molar-refractivity contribution in [2.24, 2.45) is 12.8 Å². The SMILES string of the molecule is CCc1nn(C)c(CC(N)c2cccc(Br)c2Cl)c1Br. The molecular formula is C14H16Br2ClN3. The van der Waals surface area contributed by atoms with Crippen LogP contribution in [0, 0.1) is 0 Å². The Morgan fingerprint density at radius 1 is 1.40 bits per heavy atom. The van der Waals surface area contributed by atoms with Crippen LogP contribution in [0.4, 0.5) is 0 Å². The number of halogens is 3. The van der Waals surface area contributed by atoms with Crippen LogP contribution < -0.4 is 5.73 Å². The quantitative estimate of drug-likeness (QED) is 0.795. The van der Waals surface area contributed by atoms with Crippen LogP contribution in [0.3, 0.4) is 0 Å². The summed E-state index contributed by atoms with van der Waals surface area (Å²) in [6, 6.07) is 5.65. The highest BCUT2D eigenvalue weighted by molar-refractivity contribution is 9.10. The van der Waals surface area contributed by atoms with Gasteiger partial charge in [-0.3, -0.25) is 4.68 Å². The second kappa shape index (κ2) is 6.60. The molecule has 108 valence electrons. The lowest BCUT2D eigenvalue weighted by Crippen LogP contribution is -2.16. The summed E-state index contributed by atoms with van der Waals surface area (Å²) in [5.74, 6) is 0. The highest BCUT2D eigenvalue weighted by Crippen LogP contribution is 2.32. The number of benzene rings is 1. The minimum absolute atomic E-state index is 0.170. The van der Waals surface area contributed by atoms with E-state index in [2.05, 4.69) is 43.9 Å². The molecule has 2 rings (SSSR count). The van der Waals surface area contributed by atoms with Crippen molar-refractivity contribution in [3.63, 3.8) is 0 Å². The van der Waals surface area contributed by atoms with Gasteiger partial charge in [0, 0.05) is 24.0 Å². The molecule has 0 fully saturated rings. The summed E-state index contributed by atoms with van der Waals surface area (Å²) in [4.78, 5) is 0. The van der Waals surface area contributed by atoms with E-state index in [1.165, 1.54) is 0 Å². The van der Waals surface area contributed by atoms with E-state index >= 15 is 0 Å². The fourth-order valence-corrected chi connectivity index (χ4v) is 3.59. The van der Waals surface area contributed by atoms with E-state index in [4.69, 9.17) is 17.3 Å². The molecule has 0 aliphatic heterocycles. The second-order valence-electron chi connectivity index (χ2n) is 4.64. The number of rotatable bonds is 4. The Balaban J connectivity index is 2.30. The Morgan fingerprint density at radius 3 is 2.70 bits per heavy atom. The van der Waals surface area contributed by atoms with Crippen LogP contribution in [-0.2, 0) is 19.9 Å². The fourth-order valence-electron chi connectivity index (χ4n) is 2.17. The average Bonchev–Trinajstić information content (AvgIpc) is 2.69. The first kappa shape index (κ1) is 16.0. The average molecular weight is 422 g/mol.